The Morgan fingerprint density at radius 1 is 1.07 bits per heavy atom. The Kier molecular flexibility index (Phi) is 9.35. The first kappa shape index (κ1) is 29.7. The van der Waals surface area contributed by atoms with E-state index in [0.29, 0.717) is 34.1 Å². The SMILES string of the molecule is COC(=O)C1=C(C)NC(=S)N(C(=O)/C(C)=C/c2cccc(OCc3ccccc3F)c2)C1c1ccc(C(C)C)cc1. The molecule has 1 heterocycles. The summed E-state index contributed by atoms with van der Waals surface area (Å²) >= 11 is 5.63. The Bertz CT molecular complexity index is 1530. The van der Waals surface area contributed by atoms with Crippen LogP contribution >= 0.6 is 12.2 Å². The van der Waals surface area contributed by atoms with E-state index in [0.717, 1.165) is 16.7 Å². The van der Waals surface area contributed by atoms with Crippen molar-refractivity contribution in [3.8, 4) is 5.75 Å². The van der Waals surface area contributed by atoms with Crippen LogP contribution in [0.2, 0.25) is 0 Å². The fourth-order valence-electron chi connectivity index (χ4n) is 4.67. The quantitative estimate of drug-likeness (QED) is 0.181. The van der Waals surface area contributed by atoms with Gasteiger partial charge in [-0.1, -0.05) is 68.4 Å². The van der Waals surface area contributed by atoms with E-state index in [4.69, 9.17) is 21.7 Å². The second kappa shape index (κ2) is 12.9. The van der Waals surface area contributed by atoms with Crippen molar-refractivity contribution in [1.82, 2.24) is 10.2 Å². The number of nitrogens with one attached hydrogen (secondary N) is 1. The van der Waals surface area contributed by atoms with Crippen LogP contribution in [0, 0.1) is 5.82 Å². The number of carbonyl (C=O) groups excluding carboxylic acids is 2. The molecular formula is C33H33FN2O4S. The number of ether oxygens (including phenoxy) is 2. The zero-order valence-electron chi connectivity index (χ0n) is 23.7. The number of nitrogens with zero attached hydrogens (tertiary/aromatic N) is 1. The molecule has 1 atom stereocenters. The van der Waals surface area contributed by atoms with Crippen molar-refractivity contribution in [2.75, 3.05) is 7.11 Å². The van der Waals surface area contributed by atoms with Gasteiger partial charge in [-0.25, -0.2) is 9.18 Å². The highest BCUT2D eigenvalue weighted by molar-refractivity contribution is 7.80. The number of hydrogen-bond donors (Lipinski definition) is 1. The number of esters is 1. The van der Waals surface area contributed by atoms with Crippen LogP contribution in [0.15, 0.2) is 89.6 Å². The second-order valence-corrected chi connectivity index (χ2v) is 10.5. The smallest absolute Gasteiger partial charge is 0.337 e. The fraction of sp³-hybridized carbons (Fsp3) is 0.242. The van der Waals surface area contributed by atoms with Gasteiger partial charge in [0, 0.05) is 16.8 Å². The van der Waals surface area contributed by atoms with E-state index in [-0.39, 0.29) is 23.4 Å². The summed E-state index contributed by atoms with van der Waals surface area (Å²) < 4.78 is 24.9. The molecule has 4 rings (SSSR count). The van der Waals surface area contributed by atoms with Crippen LogP contribution < -0.4 is 10.1 Å². The topological polar surface area (TPSA) is 67.9 Å². The van der Waals surface area contributed by atoms with Gasteiger partial charge in [0.25, 0.3) is 5.91 Å². The molecule has 0 bridgehead atoms. The van der Waals surface area contributed by atoms with Gasteiger partial charge in [-0.2, -0.15) is 0 Å². The maximum atomic E-state index is 14.0. The van der Waals surface area contributed by atoms with Gasteiger partial charge in [-0.05, 0) is 72.9 Å². The van der Waals surface area contributed by atoms with Crippen molar-refractivity contribution >= 4 is 35.3 Å². The maximum Gasteiger partial charge on any atom is 0.337 e. The van der Waals surface area contributed by atoms with E-state index in [2.05, 4.69) is 19.2 Å². The van der Waals surface area contributed by atoms with E-state index in [1.807, 2.05) is 30.3 Å². The van der Waals surface area contributed by atoms with Gasteiger partial charge in [-0.15, -0.1) is 0 Å². The molecule has 1 N–H and O–H groups in total. The molecule has 0 saturated heterocycles. The molecule has 0 spiro atoms. The van der Waals surface area contributed by atoms with E-state index in [9.17, 15) is 14.0 Å². The maximum absolute atomic E-state index is 14.0. The minimum atomic E-state index is -0.774. The molecule has 1 amide bonds. The lowest BCUT2D eigenvalue weighted by molar-refractivity contribution is -0.137. The Balaban J connectivity index is 1.65. The Morgan fingerprint density at radius 2 is 1.78 bits per heavy atom. The molecule has 0 radical (unpaired) electrons. The first-order chi connectivity index (χ1) is 19.6. The lowest BCUT2D eigenvalue weighted by Crippen LogP contribution is -2.51. The number of benzene rings is 3. The molecule has 3 aromatic rings. The lowest BCUT2D eigenvalue weighted by Gasteiger charge is -2.38. The van der Waals surface area contributed by atoms with Crippen molar-refractivity contribution in [2.24, 2.45) is 0 Å². The van der Waals surface area contributed by atoms with E-state index in [1.54, 1.807) is 56.3 Å². The molecule has 0 saturated carbocycles. The van der Waals surface area contributed by atoms with Gasteiger partial charge in [-0.3, -0.25) is 9.69 Å². The van der Waals surface area contributed by atoms with Crippen LogP contribution in [0.25, 0.3) is 6.08 Å². The van der Waals surface area contributed by atoms with Gasteiger partial charge in [0.05, 0.1) is 18.7 Å². The third kappa shape index (κ3) is 6.72. The standard InChI is InChI=1S/C33H33FN2O4S/c1-20(2)24-13-15-25(16-14-24)30-29(32(38)39-5)22(4)35-33(41)36(30)31(37)21(3)17-23-9-8-11-27(18-23)40-19-26-10-6-7-12-28(26)34/h6-18,20,30H,19H2,1-5H3,(H,35,41)/b21-17+. The summed E-state index contributed by atoms with van der Waals surface area (Å²) in [5.74, 6) is -0.390. The van der Waals surface area contributed by atoms with Crippen molar-refractivity contribution < 1.29 is 23.5 Å². The summed E-state index contributed by atoms with van der Waals surface area (Å²) in [6.07, 6.45) is 1.73. The molecule has 212 valence electrons. The predicted molar refractivity (Wildman–Crippen MR) is 161 cm³/mol. The number of methoxy groups -OCH3 is 1. The monoisotopic (exact) mass is 572 g/mol. The molecule has 0 fully saturated rings. The van der Waals surface area contributed by atoms with Crippen LogP contribution in [-0.2, 0) is 20.9 Å². The summed E-state index contributed by atoms with van der Waals surface area (Å²) in [6, 6.07) is 20.7. The van der Waals surface area contributed by atoms with E-state index >= 15 is 0 Å². The summed E-state index contributed by atoms with van der Waals surface area (Å²) in [5.41, 5.74) is 4.28. The zero-order valence-corrected chi connectivity index (χ0v) is 24.6. The van der Waals surface area contributed by atoms with Crippen molar-refractivity contribution in [3.63, 3.8) is 0 Å². The first-order valence-electron chi connectivity index (χ1n) is 13.3. The number of amides is 1. The van der Waals surface area contributed by atoms with Crippen LogP contribution in [0.5, 0.6) is 5.75 Å². The second-order valence-electron chi connectivity index (χ2n) is 10.1. The van der Waals surface area contributed by atoms with E-state index < -0.39 is 12.0 Å². The molecular weight excluding hydrogens is 539 g/mol. The Morgan fingerprint density at radius 3 is 2.44 bits per heavy atom. The van der Waals surface area contributed by atoms with Crippen molar-refractivity contribution in [3.05, 3.63) is 118 Å². The number of halogens is 1. The number of thiocarbonyl (C=S) groups is 1. The van der Waals surface area contributed by atoms with Gasteiger partial charge in [0.15, 0.2) is 5.11 Å². The number of carbonyl (C=O) groups is 2. The van der Waals surface area contributed by atoms with Crippen molar-refractivity contribution in [1.29, 1.82) is 0 Å². The summed E-state index contributed by atoms with van der Waals surface area (Å²) in [5, 5.41) is 3.19. The normalized spacial score (nSPS) is 15.6. The van der Waals surface area contributed by atoms with Crippen LogP contribution in [-0.4, -0.2) is 29.0 Å². The minimum absolute atomic E-state index is 0.0741. The van der Waals surface area contributed by atoms with Crippen LogP contribution in [0.3, 0.4) is 0 Å². The highest BCUT2D eigenvalue weighted by Crippen LogP contribution is 2.36. The zero-order chi connectivity index (χ0) is 29.7. The highest BCUT2D eigenvalue weighted by atomic mass is 32.1. The van der Waals surface area contributed by atoms with Gasteiger partial charge in [0.1, 0.15) is 18.2 Å². The van der Waals surface area contributed by atoms with Gasteiger partial charge >= 0.3 is 5.97 Å². The lowest BCUT2D eigenvalue weighted by atomic mass is 9.91. The Labute approximate surface area is 245 Å². The largest absolute Gasteiger partial charge is 0.489 e. The summed E-state index contributed by atoms with van der Waals surface area (Å²) in [4.78, 5) is 28.3. The molecule has 0 aliphatic carbocycles. The molecule has 1 aliphatic heterocycles. The summed E-state index contributed by atoms with van der Waals surface area (Å²) in [7, 11) is 1.31. The highest BCUT2D eigenvalue weighted by Gasteiger charge is 2.40. The average Bonchev–Trinajstić information content (AvgIpc) is 2.96. The molecule has 0 aromatic heterocycles. The summed E-state index contributed by atoms with van der Waals surface area (Å²) in [6.45, 7) is 7.71. The average molecular weight is 573 g/mol. The van der Waals surface area contributed by atoms with E-state index in [1.165, 1.54) is 18.1 Å². The molecule has 3 aromatic carbocycles. The molecule has 6 nitrogen and oxygen atoms in total. The first-order valence-corrected chi connectivity index (χ1v) is 13.7. The Hall–Kier alpha value is -4.30. The molecule has 1 unspecified atom stereocenters. The fourth-order valence-corrected chi connectivity index (χ4v) is 5.02. The van der Waals surface area contributed by atoms with Crippen LogP contribution in [0.1, 0.15) is 61.9 Å². The number of rotatable bonds is 8. The minimum Gasteiger partial charge on any atom is -0.489 e. The van der Waals surface area contributed by atoms with Gasteiger partial charge < -0.3 is 14.8 Å². The molecule has 41 heavy (non-hydrogen) atoms. The number of allylic oxidation sites excluding steroid dienone is 1. The third-order valence-electron chi connectivity index (χ3n) is 6.92. The van der Waals surface area contributed by atoms with Crippen molar-refractivity contribution in [2.45, 2.75) is 46.3 Å². The van der Waals surface area contributed by atoms with Gasteiger partial charge in [0.2, 0.25) is 0 Å². The molecule has 1 aliphatic rings. The van der Waals surface area contributed by atoms with Crippen LogP contribution in [0.4, 0.5) is 4.39 Å². The third-order valence-corrected chi connectivity index (χ3v) is 7.22. The number of hydrogen-bond acceptors (Lipinski definition) is 5. The molecule has 8 heteroatoms. The predicted octanol–water partition coefficient (Wildman–Crippen LogP) is 6.84.